The lowest BCUT2D eigenvalue weighted by Gasteiger charge is -2.12. The van der Waals surface area contributed by atoms with Gasteiger partial charge in [0.1, 0.15) is 5.82 Å². The van der Waals surface area contributed by atoms with Crippen LogP contribution >= 0.6 is 11.6 Å². The first kappa shape index (κ1) is 20.4. The van der Waals surface area contributed by atoms with Crippen LogP contribution in [0.1, 0.15) is 32.0 Å². The molecule has 0 saturated heterocycles. The molecule has 8 heteroatoms. The number of rotatable bonds is 6. The average molecular weight is 435 g/mol. The van der Waals surface area contributed by atoms with Gasteiger partial charge in [-0.05, 0) is 48.4 Å². The fourth-order valence-electron chi connectivity index (χ4n) is 3.03. The van der Waals surface area contributed by atoms with Crippen molar-refractivity contribution in [3.8, 4) is 0 Å². The first-order chi connectivity index (χ1) is 15.0. The average Bonchev–Trinajstić information content (AvgIpc) is 3.44. The van der Waals surface area contributed by atoms with Crippen molar-refractivity contribution >= 4 is 34.9 Å². The Morgan fingerprint density at radius 1 is 1.03 bits per heavy atom. The minimum atomic E-state index is -0.386. The maximum Gasteiger partial charge on any atom is 0.291 e. The smallest absolute Gasteiger partial charge is 0.291 e. The van der Waals surface area contributed by atoms with Crippen LogP contribution in [-0.2, 0) is 6.54 Å². The molecule has 2 aromatic carbocycles. The molecule has 2 aromatic heterocycles. The summed E-state index contributed by atoms with van der Waals surface area (Å²) in [6.45, 7) is 2.26. The molecule has 0 atom stereocenters. The molecule has 2 N–H and O–H groups in total. The molecule has 2 amide bonds. The van der Waals surface area contributed by atoms with E-state index in [2.05, 4.69) is 15.7 Å². The van der Waals surface area contributed by atoms with Gasteiger partial charge >= 0.3 is 0 Å². The van der Waals surface area contributed by atoms with Crippen LogP contribution in [0.2, 0.25) is 5.02 Å². The molecule has 0 aliphatic rings. The molecule has 4 rings (SSSR count). The Morgan fingerprint density at radius 3 is 2.65 bits per heavy atom. The van der Waals surface area contributed by atoms with E-state index < -0.39 is 0 Å². The topological polar surface area (TPSA) is 89.2 Å². The zero-order valence-corrected chi connectivity index (χ0v) is 17.4. The number of aromatic nitrogens is 2. The highest BCUT2D eigenvalue weighted by Crippen LogP contribution is 2.21. The minimum absolute atomic E-state index is 0.192. The Kier molecular flexibility index (Phi) is 5.86. The van der Waals surface area contributed by atoms with E-state index in [4.69, 9.17) is 16.0 Å². The summed E-state index contributed by atoms with van der Waals surface area (Å²) in [6, 6.07) is 17.5. The van der Waals surface area contributed by atoms with Gasteiger partial charge in [0.05, 0.1) is 19.0 Å². The zero-order valence-electron chi connectivity index (χ0n) is 16.6. The maximum atomic E-state index is 12.9. The number of benzene rings is 2. The van der Waals surface area contributed by atoms with Gasteiger partial charge in [-0.2, -0.15) is 5.10 Å². The molecule has 0 fully saturated rings. The van der Waals surface area contributed by atoms with Gasteiger partial charge in [-0.1, -0.05) is 35.9 Å². The molecule has 0 saturated carbocycles. The molecule has 0 spiro atoms. The highest BCUT2D eigenvalue weighted by atomic mass is 35.5. The summed E-state index contributed by atoms with van der Waals surface area (Å²) in [4.78, 5) is 25.1. The van der Waals surface area contributed by atoms with Crippen molar-refractivity contribution in [1.82, 2.24) is 9.78 Å². The maximum absolute atomic E-state index is 12.9. The van der Waals surface area contributed by atoms with Crippen molar-refractivity contribution in [2.24, 2.45) is 0 Å². The van der Waals surface area contributed by atoms with Gasteiger partial charge in [-0.15, -0.1) is 0 Å². The third-order valence-electron chi connectivity index (χ3n) is 4.73. The number of aryl methyl sites for hydroxylation is 1. The molecule has 31 heavy (non-hydrogen) atoms. The minimum Gasteiger partial charge on any atom is -0.459 e. The summed E-state index contributed by atoms with van der Waals surface area (Å²) in [5.74, 6) is 0.0160. The zero-order chi connectivity index (χ0) is 21.8. The summed E-state index contributed by atoms with van der Waals surface area (Å²) in [5, 5.41) is 10.5. The molecule has 0 radical (unpaired) electrons. The summed E-state index contributed by atoms with van der Waals surface area (Å²) in [6.07, 6.45) is 3.04. The van der Waals surface area contributed by atoms with Crippen molar-refractivity contribution in [3.05, 3.63) is 101 Å². The van der Waals surface area contributed by atoms with Crippen molar-refractivity contribution in [2.45, 2.75) is 13.5 Å². The lowest BCUT2D eigenvalue weighted by molar-refractivity contribution is 0.0993. The first-order valence-electron chi connectivity index (χ1n) is 9.53. The molecule has 2 heterocycles. The normalized spacial score (nSPS) is 10.6. The van der Waals surface area contributed by atoms with E-state index in [1.807, 2.05) is 31.2 Å². The number of hydrogen-bond donors (Lipinski definition) is 2. The van der Waals surface area contributed by atoms with Gasteiger partial charge < -0.3 is 15.1 Å². The number of hydrogen-bond acceptors (Lipinski definition) is 4. The number of carbonyl (C=O) groups is 2. The predicted molar refractivity (Wildman–Crippen MR) is 119 cm³/mol. The molecule has 0 unspecified atom stereocenters. The van der Waals surface area contributed by atoms with Crippen LogP contribution in [0.15, 0.2) is 77.5 Å². The quantitative estimate of drug-likeness (QED) is 0.447. The SMILES string of the molecule is Cc1ccc(C(=O)Nc2ccnn2Cc2ccccc2Cl)cc1NC(=O)c1ccco1. The Hall–Kier alpha value is -3.84. The van der Waals surface area contributed by atoms with Crippen LogP contribution in [0.25, 0.3) is 0 Å². The van der Waals surface area contributed by atoms with Crippen LogP contribution in [0.5, 0.6) is 0 Å². The van der Waals surface area contributed by atoms with Gasteiger partial charge in [0.15, 0.2) is 5.76 Å². The summed E-state index contributed by atoms with van der Waals surface area (Å²) < 4.78 is 6.77. The van der Waals surface area contributed by atoms with Gasteiger partial charge in [0.2, 0.25) is 0 Å². The Bertz CT molecular complexity index is 1230. The highest BCUT2D eigenvalue weighted by molar-refractivity contribution is 6.31. The lowest BCUT2D eigenvalue weighted by Crippen LogP contribution is -2.17. The van der Waals surface area contributed by atoms with Gasteiger partial charge in [-0.25, -0.2) is 4.68 Å². The molecule has 0 aliphatic carbocycles. The predicted octanol–water partition coefficient (Wildman–Crippen LogP) is 4.99. The van der Waals surface area contributed by atoms with E-state index in [0.717, 1.165) is 11.1 Å². The molecule has 7 nitrogen and oxygen atoms in total. The van der Waals surface area contributed by atoms with E-state index in [1.54, 1.807) is 47.3 Å². The fraction of sp³-hybridized carbons (Fsp3) is 0.0870. The van der Waals surface area contributed by atoms with E-state index in [1.165, 1.54) is 6.26 Å². The highest BCUT2D eigenvalue weighted by Gasteiger charge is 2.15. The number of furan rings is 1. The number of halogens is 1. The molecule has 4 aromatic rings. The third kappa shape index (κ3) is 4.67. The summed E-state index contributed by atoms with van der Waals surface area (Å²) in [5.41, 5.74) is 2.63. The number of anilines is 2. The number of nitrogens with one attached hydrogen (secondary N) is 2. The lowest BCUT2D eigenvalue weighted by atomic mass is 10.1. The Balaban J connectivity index is 1.50. The molecular weight excluding hydrogens is 416 g/mol. The van der Waals surface area contributed by atoms with Crippen molar-refractivity contribution in [3.63, 3.8) is 0 Å². The van der Waals surface area contributed by atoms with Crippen molar-refractivity contribution in [2.75, 3.05) is 10.6 Å². The largest absolute Gasteiger partial charge is 0.459 e. The van der Waals surface area contributed by atoms with Crippen LogP contribution in [0, 0.1) is 6.92 Å². The Labute approximate surface area is 183 Å². The summed E-state index contributed by atoms with van der Waals surface area (Å²) >= 11 is 6.24. The second kappa shape index (κ2) is 8.89. The Morgan fingerprint density at radius 2 is 1.87 bits per heavy atom. The van der Waals surface area contributed by atoms with Crippen LogP contribution in [0.4, 0.5) is 11.5 Å². The molecule has 156 valence electrons. The first-order valence-corrected chi connectivity index (χ1v) is 9.91. The van der Waals surface area contributed by atoms with Crippen LogP contribution in [-0.4, -0.2) is 21.6 Å². The van der Waals surface area contributed by atoms with E-state index in [-0.39, 0.29) is 17.6 Å². The fourth-order valence-corrected chi connectivity index (χ4v) is 3.23. The summed E-state index contributed by atoms with van der Waals surface area (Å²) in [7, 11) is 0. The second-order valence-electron chi connectivity index (χ2n) is 6.88. The standard InChI is InChI=1S/C23H19ClN4O3/c1-15-8-9-16(13-19(15)26-23(30)20-7-4-12-31-20)22(29)27-21-10-11-25-28(21)14-17-5-2-3-6-18(17)24/h2-13H,14H2,1H3,(H,26,30)(H,27,29). The van der Waals surface area contributed by atoms with Crippen LogP contribution in [0.3, 0.4) is 0 Å². The number of carbonyl (C=O) groups excluding carboxylic acids is 2. The monoisotopic (exact) mass is 434 g/mol. The number of nitrogens with zero attached hydrogens (tertiary/aromatic N) is 2. The number of amides is 2. The van der Waals surface area contributed by atoms with E-state index in [0.29, 0.717) is 28.6 Å². The van der Waals surface area contributed by atoms with Crippen LogP contribution < -0.4 is 10.6 Å². The second-order valence-corrected chi connectivity index (χ2v) is 7.29. The van der Waals surface area contributed by atoms with Crippen molar-refractivity contribution < 1.29 is 14.0 Å². The van der Waals surface area contributed by atoms with Gasteiger partial charge in [0, 0.05) is 22.3 Å². The molecular formula is C23H19ClN4O3. The molecule has 0 bridgehead atoms. The van der Waals surface area contributed by atoms with Crippen molar-refractivity contribution in [1.29, 1.82) is 0 Å². The van der Waals surface area contributed by atoms with Gasteiger partial charge in [-0.3, -0.25) is 9.59 Å². The third-order valence-corrected chi connectivity index (χ3v) is 5.10. The van der Waals surface area contributed by atoms with E-state index in [9.17, 15) is 9.59 Å². The molecule has 0 aliphatic heterocycles. The van der Waals surface area contributed by atoms with E-state index >= 15 is 0 Å². The van der Waals surface area contributed by atoms with Gasteiger partial charge in [0.25, 0.3) is 11.8 Å².